The molecular weight excluding hydrogens is 376 g/mol. The molecule has 1 atom stereocenters. The second kappa shape index (κ2) is 7.54. The molecule has 3 aromatic rings. The average molecular weight is 398 g/mol. The number of fused-ring (bicyclic) bond motifs is 1. The summed E-state index contributed by atoms with van der Waals surface area (Å²) in [5, 5.41) is 10.5. The Morgan fingerprint density at radius 2 is 1.93 bits per heavy atom. The Bertz CT molecular complexity index is 935. The first-order chi connectivity index (χ1) is 13.8. The number of hydrogen-bond donors (Lipinski definition) is 0. The summed E-state index contributed by atoms with van der Waals surface area (Å²) in [6.45, 7) is 7.33. The predicted octanol–water partition coefficient (Wildman–Crippen LogP) is 3.41. The summed E-state index contributed by atoms with van der Waals surface area (Å²) in [4.78, 5) is 5.88. The number of piperazine rings is 1. The van der Waals surface area contributed by atoms with E-state index in [0.717, 1.165) is 49.1 Å². The average Bonchev–Trinajstić information content (AvgIpc) is 3.48. The van der Waals surface area contributed by atoms with Crippen molar-refractivity contribution in [3.05, 3.63) is 47.2 Å². The lowest BCUT2D eigenvalue weighted by Gasteiger charge is -2.36. The van der Waals surface area contributed by atoms with E-state index < -0.39 is 0 Å². The number of ether oxygens (including phenoxy) is 2. The van der Waals surface area contributed by atoms with Crippen molar-refractivity contribution in [1.82, 2.24) is 20.0 Å². The van der Waals surface area contributed by atoms with Crippen LogP contribution in [0.25, 0.3) is 10.8 Å². The molecule has 28 heavy (non-hydrogen) atoms. The Morgan fingerprint density at radius 1 is 1.07 bits per heavy atom. The van der Waals surface area contributed by atoms with Gasteiger partial charge in [0.1, 0.15) is 0 Å². The molecular formula is C20H22N4O3S. The number of hydrogen-bond acceptors (Lipinski definition) is 8. The molecule has 0 bridgehead atoms. The molecule has 8 heteroatoms. The van der Waals surface area contributed by atoms with E-state index in [2.05, 4.69) is 39.1 Å². The molecule has 0 unspecified atom stereocenters. The molecule has 0 amide bonds. The van der Waals surface area contributed by atoms with Crippen LogP contribution in [0.2, 0.25) is 0 Å². The topological polar surface area (TPSA) is 63.9 Å². The molecule has 146 valence electrons. The Morgan fingerprint density at radius 3 is 2.75 bits per heavy atom. The summed E-state index contributed by atoms with van der Waals surface area (Å²) in [7, 11) is 0. The van der Waals surface area contributed by atoms with Gasteiger partial charge in [-0.3, -0.25) is 9.80 Å². The van der Waals surface area contributed by atoms with Crippen LogP contribution in [0.5, 0.6) is 11.5 Å². The van der Waals surface area contributed by atoms with Gasteiger partial charge in [-0.1, -0.05) is 12.1 Å². The van der Waals surface area contributed by atoms with Gasteiger partial charge in [0.2, 0.25) is 12.7 Å². The molecule has 2 aliphatic heterocycles. The normalized spacial score (nSPS) is 18.5. The third-order valence-corrected chi connectivity index (χ3v) is 6.19. The maximum atomic E-state index is 5.92. The van der Waals surface area contributed by atoms with E-state index in [4.69, 9.17) is 13.9 Å². The van der Waals surface area contributed by atoms with Crippen molar-refractivity contribution in [1.29, 1.82) is 0 Å². The van der Waals surface area contributed by atoms with E-state index >= 15 is 0 Å². The largest absolute Gasteiger partial charge is 0.454 e. The van der Waals surface area contributed by atoms with Gasteiger partial charge in [0.25, 0.3) is 5.89 Å². The molecule has 0 saturated carbocycles. The van der Waals surface area contributed by atoms with Crippen molar-refractivity contribution in [2.45, 2.75) is 19.5 Å². The molecule has 0 N–H and O–H groups in total. The maximum absolute atomic E-state index is 5.92. The molecule has 0 spiro atoms. The molecule has 2 aliphatic rings. The first-order valence-electron chi connectivity index (χ1n) is 9.48. The van der Waals surface area contributed by atoms with Gasteiger partial charge in [-0.25, -0.2) is 0 Å². The standard InChI is InChI=1S/C20H22N4O3S/c1-14(19-21-22-20(27-19)18-3-2-10-28-18)24-8-6-23(7-9-24)12-15-4-5-16-17(11-15)26-13-25-16/h2-5,10-11,14H,6-9,12-13H2,1H3/t14-/m0/s1. The molecule has 0 aliphatic carbocycles. The highest BCUT2D eigenvalue weighted by atomic mass is 32.1. The van der Waals surface area contributed by atoms with E-state index in [1.807, 2.05) is 23.6 Å². The van der Waals surface area contributed by atoms with Crippen molar-refractivity contribution >= 4 is 11.3 Å². The van der Waals surface area contributed by atoms with Gasteiger partial charge in [0.15, 0.2) is 11.5 Å². The Kier molecular flexibility index (Phi) is 4.76. The van der Waals surface area contributed by atoms with Crippen LogP contribution >= 0.6 is 11.3 Å². The van der Waals surface area contributed by atoms with Crippen LogP contribution in [-0.4, -0.2) is 53.0 Å². The van der Waals surface area contributed by atoms with E-state index in [9.17, 15) is 0 Å². The third-order valence-electron chi connectivity index (χ3n) is 5.33. The van der Waals surface area contributed by atoms with Crippen LogP contribution in [-0.2, 0) is 6.54 Å². The molecule has 1 saturated heterocycles. The lowest BCUT2D eigenvalue weighted by molar-refractivity contribution is 0.0876. The summed E-state index contributed by atoms with van der Waals surface area (Å²) >= 11 is 1.61. The molecule has 1 aromatic carbocycles. The Hall–Kier alpha value is -2.42. The summed E-state index contributed by atoms with van der Waals surface area (Å²) in [5.74, 6) is 2.98. The Balaban J connectivity index is 1.18. The van der Waals surface area contributed by atoms with Gasteiger partial charge in [0.05, 0.1) is 10.9 Å². The van der Waals surface area contributed by atoms with Crippen LogP contribution in [0, 0.1) is 0 Å². The molecule has 7 nitrogen and oxygen atoms in total. The van der Waals surface area contributed by atoms with Gasteiger partial charge >= 0.3 is 0 Å². The van der Waals surface area contributed by atoms with E-state index in [-0.39, 0.29) is 6.04 Å². The summed E-state index contributed by atoms with van der Waals surface area (Å²) in [6, 6.07) is 10.3. The first kappa shape index (κ1) is 17.7. The first-order valence-corrected chi connectivity index (χ1v) is 10.4. The number of nitrogens with zero attached hydrogens (tertiary/aromatic N) is 4. The van der Waals surface area contributed by atoms with Crippen molar-refractivity contribution in [2.75, 3.05) is 33.0 Å². The lowest BCUT2D eigenvalue weighted by Crippen LogP contribution is -2.46. The summed E-state index contributed by atoms with van der Waals surface area (Å²) < 4.78 is 16.8. The fourth-order valence-electron chi connectivity index (χ4n) is 3.67. The number of benzene rings is 1. The molecule has 2 aromatic heterocycles. The second-order valence-electron chi connectivity index (χ2n) is 7.10. The predicted molar refractivity (Wildman–Crippen MR) is 105 cm³/mol. The maximum Gasteiger partial charge on any atom is 0.257 e. The third kappa shape index (κ3) is 3.50. The van der Waals surface area contributed by atoms with E-state index in [0.29, 0.717) is 18.6 Å². The quantitative estimate of drug-likeness (QED) is 0.653. The number of rotatable bonds is 5. The SMILES string of the molecule is C[C@@H](c1nnc(-c2cccs2)o1)N1CCN(Cc2ccc3c(c2)OCO3)CC1. The van der Waals surface area contributed by atoms with Crippen LogP contribution in [0.3, 0.4) is 0 Å². The zero-order valence-electron chi connectivity index (χ0n) is 15.7. The minimum Gasteiger partial charge on any atom is -0.454 e. The van der Waals surface area contributed by atoms with Gasteiger partial charge in [-0.15, -0.1) is 21.5 Å². The highest BCUT2D eigenvalue weighted by Gasteiger charge is 2.26. The Labute approximate surface area is 167 Å². The summed E-state index contributed by atoms with van der Waals surface area (Å²) in [6.07, 6.45) is 0. The van der Waals surface area contributed by atoms with Crippen LogP contribution in [0.4, 0.5) is 0 Å². The van der Waals surface area contributed by atoms with Crippen molar-refractivity contribution in [3.63, 3.8) is 0 Å². The summed E-state index contributed by atoms with van der Waals surface area (Å²) in [5.41, 5.74) is 1.25. The second-order valence-corrected chi connectivity index (χ2v) is 8.05. The molecule has 0 radical (unpaired) electrons. The highest BCUT2D eigenvalue weighted by Crippen LogP contribution is 2.33. The minimum atomic E-state index is 0.119. The number of thiophene rings is 1. The minimum absolute atomic E-state index is 0.119. The van der Waals surface area contributed by atoms with Crippen LogP contribution < -0.4 is 9.47 Å². The van der Waals surface area contributed by atoms with Crippen LogP contribution in [0.1, 0.15) is 24.4 Å². The van der Waals surface area contributed by atoms with Crippen molar-refractivity contribution in [2.24, 2.45) is 0 Å². The monoisotopic (exact) mass is 398 g/mol. The smallest absolute Gasteiger partial charge is 0.257 e. The van der Waals surface area contributed by atoms with Crippen molar-refractivity contribution in [3.8, 4) is 22.3 Å². The molecule has 5 rings (SSSR count). The fourth-order valence-corrected chi connectivity index (χ4v) is 4.31. The van der Waals surface area contributed by atoms with E-state index in [1.165, 1.54) is 5.56 Å². The van der Waals surface area contributed by atoms with Crippen LogP contribution in [0.15, 0.2) is 40.1 Å². The van der Waals surface area contributed by atoms with Crippen molar-refractivity contribution < 1.29 is 13.9 Å². The van der Waals surface area contributed by atoms with Gasteiger partial charge in [-0.05, 0) is 36.1 Å². The molecule has 1 fully saturated rings. The lowest BCUT2D eigenvalue weighted by atomic mass is 10.1. The van der Waals surface area contributed by atoms with Gasteiger partial charge in [0, 0.05) is 32.7 Å². The number of aromatic nitrogens is 2. The zero-order valence-corrected chi connectivity index (χ0v) is 16.5. The fraction of sp³-hybridized carbons (Fsp3) is 0.400. The van der Waals surface area contributed by atoms with Gasteiger partial charge in [-0.2, -0.15) is 0 Å². The molecule has 4 heterocycles. The van der Waals surface area contributed by atoms with E-state index in [1.54, 1.807) is 11.3 Å². The van der Waals surface area contributed by atoms with Gasteiger partial charge < -0.3 is 13.9 Å². The zero-order chi connectivity index (χ0) is 18.9. The highest BCUT2D eigenvalue weighted by molar-refractivity contribution is 7.13.